The molecule has 0 saturated heterocycles. The minimum absolute atomic E-state index is 0.425. The molecule has 0 aliphatic rings. The van der Waals surface area contributed by atoms with Crippen LogP contribution < -0.4 is 15.2 Å². The number of anilines is 1. The van der Waals surface area contributed by atoms with Gasteiger partial charge in [-0.15, -0.1) is 0 Å². The van der Waals surface area contributed by atoms with E-state index in [1.54, 1.807) is 25.4 Å². The Morgan fingerprint density at radius 3 is 2.65 bits per heavy atom. The lowest BCUT2D eigenvalue weighted by molar-refractivity contribution is 0.378. The van der Waals surface area contributed by atoms with E-state index in [-0.39, 0.29) is 0 Å². The van der Waals surface area contributed by atoms with Gasteiger partial charge in [0.15, 0.2) is 11.5 Å². The molecule has 0 bridgehead atoms. The smallest absolute Gasteiger partial charge is 0.169 e. The Balaban J connectivity index is 2.29. The summed E-state index contributed by atoms with van der Waals surface area (Å²) in [5.41, 5.74) is 6.70. The first-order chi connectivity index (χ1) is 8.19. The molecule has 0 radical (unpaired) electrons. The van der Waals surface area contributed by atoms with Crippen LogP contribution >= 0.6 is 0 Å². The van der Waals surface area contributed by atoms with Gasteiger partial charge >= 0.3 is 0 Å². The highest BCUT2D eigenvalue weighted by molar-refractivity contribution is 5.46. The van der Waals surface area contributed by atoms with Crippen LogP contribution in [0.4, 0.5) is 5.82 Å². The lowest BCUT2D eigenvalue weighted by atomic mass is 10.2. The fourth-order valence-electron chi connectivity index (χ4n) is 1.48. The molecule has 0 atom stereocenters. The van der Waals surface area contributed by atoms with Gasteiger partial charge in [-0.2, -0.15) is 0 Å². The summed E-state index contributed by atoms with van der Waals surface area (Å²) < 4.78 is 10.9. The second kappa shape index (κ2) is 4.74. The molecule has 88 valence electrons. The predicted octanol–water partition coefficient (Wildman–Crippen LogP) is 2.77. The lowest BCUT2D eigenvalue weighted by Gasteiger charge is -2.10. The molecule has 17 heavy (non-hydrogen) atoms. The Morgan fingerprint density at radius 2 is 1.94 bits per heavy atom. The van der Waals surface area contributed by atoms with Crippen molar-refractivity contribution in [2.75, 3.05) is 12.8 Å². The third kappa shape index (κ3) is 2.66. The summed E-state index contributed by atoms with van der Waals surface area (Å²) in [7, 11) is 1.61. The molecular formula is C13H14N2O2. The summed E-state index contributed by atoms with van der Waals surface area (Å²) in [4.78, 5) is 3.90. The minimum atomic E-state index is 0.425. The van der Waals surface area contributed by atoms with E-state index in [0.29, 0.717) is 23.1 Å². The van der Waals surface area contributed by atoms with E-state index < -0.39 is 0 Å². The molecule has 2 N–H and O–H groups in total. The number of methoxy groups -OCH3 is 1. The maximum Gasteiger partial charge on any atom is 0.169 e. The molecule has 0 aliphatic heterocycles. The maximum atomic E-state index is 5.69. The third-order valence-electron chi connectivity index (χ3n) is 2.30. The van der Waals surface area contributed by atoms with Gasteiger partial charge in [-0.3, -0.25) is 0 Å². The summed E-state index contributed by atoms with van der Waals surface area (Å²) in [5.74, 6) is 2.41. The van der Waals surface area contributed by atoms with Gasteiger partial charge in [0.2, 0.25) is 0 Å². The van der Waals surface area contributed by atoms with Crippen LogP contribution in [0.25, 0.3) is 0 Å². The molecule has 0 spiro atoms. The van der Waals surface area contributed by atoms with Crippen molar-refractivity contribution in [1.29, 1.82) is 0 Å². The third-order valence-corrected chi connectivity index (χ3v) is 2.30. The maximum absolute atomic E-state index is 5.69. The highest BCUT2D eigenvalue weighted by atomic mass is 16.5. The van der Waals surface area contributed by atoms with E-state index in [9.17, 15) is 0 Å². The summed E-state index contributed by atoms with van der Waals surface area (Å²) in [6, 6.07) is 9.15. The number of nitrogens with two attached hydrogens (primary N) is 1. The lowest BCUT2D eigenvalue weighted by Crippen LogP contribution is -1.93. The highest BCUT2D eigenvalue weighted by Crippen LogP contribution is 2.32. The van der Waals surface area contributed by atoms with E-state index in [0.717, 1.165) is 5.56 Å². The first kappa shape index (κ1) is 11.3. The van der Waals surface area contributed by atoms with Gasteiger partial charge in [0.25, 0.3) is 0 Å². The first-order valence-corrected chi connectivity index (χ1v) is 5.23. The number of nitrogen functional groups attached to an aromatic ring is 1. The summed E-state index contributed by atoms with van der Waals surface area (Å²) >= 11 is 0. The molecule has 1 aromatic carbocycles. The number of hydrogen-bond acceptors (Lipinski definition) is 4. The molecule has 4 nitrogen and oxygen atoms in total. The van der Waals surface area contributed by atoms with Crippen LogP contribution in [0.2, 0.25) is 0 Å². The second-order valence-corrected chi connectivity index (χ2v) is 3.67. The Morgan fingerprint density at radius 1 is 1.12 bits per heavy atom. The zero-order valence-electron chi connectivity index (χ0n) is 9.81. The Hall–Kier alpha value is -2.23. The number of aromatic nitrogens is 1. The van der Waals surface area contributed by atoms with Crippen molar-refractivity contribution in [2.24, 2.45) is 0 Å². The highest BCUT2D eigenvalue weighted by Gasteiger charge is 2.05. The van der Waals surface area contributed by atoms with Gasteiger partial charge in [0, 0.05) is 12.3 Å². The molecule has 1 heterocycles. The fourth-order valence-corrected chi connectivity index (χ4v) is 1.48. The number of benzene rings is 1. The standard InChI is InChI=1S/C13H14N2O2/c1-9-3-4-11(12(7-9)16-2)17-10-5-6-15-13(14)8-10/h3-8H,1-2H3,(H2,14,15). The van der Waals surface area contributed by atoms with Crippen molar-refractivity contribution in [2.45, 2.75) is 6.92 Å². The fraction of sp³-hybridized carbons (Fsp3) is 0.154. The predicted molar refractivity (Wildman–Crippen MR) is 66.5 cm³/mol. The van der Waals surface area contributed by atoms with E-state index >= 15 is 0 Å². The normalized spacial score (nSPS) is 10.0. The zero-order chi connectivity index (χ0) is 12.3. The summed E-state index contributed by atoms with van der Waals surface area (Å²) in [6.45, 7) is 2.00. The largest absolute Gasteiger partial charge is 0.493 e. The molecule has 2 rings (SSSR count). The molecule has 0 unspecified atom stereocenters. The molecule has 4 heteroatoms. The van der Waals surface area contributed by atoms with Gasteiger partial charge in [0.05, 0.1) is 7.11 Å². The molecule has 0 fully saturated rings. The number of aryl methyl sites for hydroxylation is 1. The number of pyridine rings is 1. The van der Waals surface area contributed by atoms with E-state index in [4.69, 9.17) is 15.2 Å². The van der Waals surface area contributed by atoms with Crippen LogP contribution in [0.3, 0.4) is 0 Å². The van der Waals surface area contributed by atoms with Crippen LogP contribution in [0, 0.1) is 6.92 Å². The SMILES string of the molecule is COc1cc(C)ccc1Oc1ccnc(N)c1. The quantitative estimate of drug-likeness (QED) is 0.880. The minimum Gasteiger partial charge on any atom is -0.493 e. The number of nitrogens with zero attached hydrogens (tertiary/aromatic N) is 1. The number of ether oxygens (including phenoxy) is 2. The summed E-state index contributed by atoms with van der Waals surface area (Å²) in [6.07, 6.45) is 1.60. The van der Waals surface area contributed by atoms with Gasteiger partial charge in [-0.25, -0.2) is 4.98 Å². The average molecular weight is 230 g/mol. The van der Waals surface area contributed by atoms with Crippen molar-refractivity contribution in [3.63, 3.8) is 0 Å². The number of rotatable bonds is 3. The molecular weight excluding hydrogens is 216 g/mol. The van der Waals surface area contributed by atoms with Gasteiger partial charge in [-0.1, -0.05) is 6.07 Å². The molecule has 1 aromatic heterocycles. The first-order valence-electron chi connectivity index (χ1n) is 5.23. The zero-order valence-corrected chi connectivity index (χ0v) is 9.81. The van der Waals surface area contributed by atoms with Gasteiger partial charge in [-0.05, 0) is 30.7 Å². The Labute approximate surface area is 100 Å². The van der Waals surface area contributed by atoms with E-state index in [1.807, 2.05) is 25.1 Å². The molecule has 0 aliphatic carbocycles. The van der Waals surface area contributed by atoms with Gasteiger partial charge in [0.1, 0.15) is 11.6 Å². The monoisotopic (exact) mass is 230 g/mol. The second-order valence-electron chi connectivity index (χ2n) is 3.67. The molecule has 0 amide bonds. The van der Waals surface area contributed by atoms with Crippen molar-refractivity contribution >= 4 is 5.82 Å². The van der Waals surface area contributed by atoms with Crippen LogP contribution in [0.1, 0.15) is 5.56 Å². The molecule has 2 aromatic rings. The van der Waals surface area contributed by atoms with Crippen molar-refractivity contribution in [3.8, 4) is 17.2 Å². The van der Waals surface area contributed by atoms with E-state index in [2.05, 4.69) is 4.98 Å². The topological polar surface area (TPSA) is 57.4 Å². The van der Waals surface area contributed by atoms with E-state index in [1.165, 1.54) is 0 Å². The van der Waals surface area contributed by atoms with Crippen molar-refractivity contribution < 1.29 is 9.47 Å². The van der Waals surface area contributed by atoms with Crippen LogP contribution in [0.15, 0.2) is 36.5 Å². The Kier molecular flexibility index (Phi) is 3.14. The van der Waals surface area contributed by atoms with Crippen LogP contribution in [-0.4, -0.2) is 12.1 Å². The van der Waals surface area contributed by atoms with Crippen molar-refractivity contribution in [1.82, 2.24) is 4.98 Å². The number of hydrogen-bond donors (Lipinski definition) is 1. The van der Waals surface area contributed by atoms with Crippen LogP contribution in [0.5, 0.6) is 17.2 Å². The summed E-state index contributed by atoms with van der Waals surface area (Å²) in [5, 5.41) is 0. The molecule has 0 saturated carbocycles. The Bertz CT molecular complexity index is 527. The van der Waals surface area contributed by atoms with Gasteiger partial charge < -0.3 is 15.2 Å². The van der Waals surface area contributed by atoms with Crippen LogP contribution in [-0.2, 0) is 0 Å². The van der Waals surface area contributed by atoms with Crippen molar-refractivity contribution in [3.05, 3.63) is 42.1 Å². The average Bonchev–Trinajstić information content (AvgIpc) is 2.31.